The fraction of sp³-hybridized carbons (Fsp3) is 0.286. The number of rotatable bonds is 6. The molecule has 0 fully saturated rings. The number of nitrogens with one attached hydrogen (secondary N) is 1. The van der Waals surface area contributed by atoms with E-state index in [0.29, 0.717) is 46.4 Å². The highest BCUT2D eigenvalue weighted by Crippen LogP contribution is 2.33. The van der Waals surface area contributed by atoms with E-state index in [-0.39, 0.29) is 24.2 Å². The minimum absolute atomic E-state index is 0.0679. The Morgan fingerprint density at radius 1 is 0.972 bits per heavy atom. The summed E-state index contributed by atoms with van der Waals surface area (Å²) in [4.78, 5) is 29.1. The number of ether oxygens (including phenoxy) is 2. The van der Waals surface area contributed by atoms with Crippen molar-refractivity contribution in [1.29, 1.82) is 0 Å². The summed E-state index contributed by atoms with van der Waals surface area (Å²) < 4.78 is 24.9. The third kappa shape index (κ3) is 6.15. The van der Waals surface area contributed by atoms with Crippen LogP contribution in [0.5, 0.6) is 11.5 Å². The topological polar surface area (TPSA) is 67.9 Å². The van der Waals surface area contributed by atoms with Gasteiger partial charge in [0.25, 0.3) is 5.91 Å². The monoisotopic (exact) mass is 510 g/mol. The Balaban J connectivity index is 1.79. The van der Waals surface area contributed by atoms with Gasteiger partial charge in [0.1, 0.15) is 25.1 Å². The molecule has 1 atom stereocenters. The van der Waals surface area contributed by atoms with Crippen molar-refractivity contribution >= 4 is 23.4 Å². The van der Waals surface area contributed by atoms with Gasteiger partial charge in [-0.25, -0.2) is 4.39 Å². The van der Waals surface area contributed by atoms with Crippen LogP contribution in [-0.2, 0) is 11.3 Å². The molecule has 0 unspecified atom stereocenters. The minimum atomic E-state index is -0.979. The van der Waals surface area contributed by atoms with Crippen LogP contribution in [0.4, 0.5) is 4.39 Å². The zero-order chi connectivity index (χ0) is 25.9. The van der Waals surface area contributed by atoms with Gasteiger partial charge in [0, 0.05) is 22.7 Å². The molecule has 0 saturated heterocycles. The van der Waals surface area contributed by atoms with Crippen LogP contribution in [0.15, 0.2) is 66.7 Å². The molecule has 0 radical (unpaired) electrons. The van der Waals surface area contributed by atoms with Crippen molar-refractivity contribution in [3.05, 3.63) is 94.3 Å². The minimum Gasteiger partial charge on any atom is -0.486 e. The van der Waals surface area contributed by atoms with Crippen LogP contribution in [0.25, 0.3) is 0 Å². The first-order chi connectivity index (χ1) is 17.1. The zero-order valence-electron chi connectivity index (χ0n) is 20.4. The van der Waals surface area contributed by atoms with Crippen LogP contribution in [0.2, 0.25) is 5.02 Å². The lowest BCUT2D eigenvalue weighted by molar-refractivity contribution is -0.127. The SMILES string of the molecule is CC(C)(C)NC(=O)[C@H](c1ccc(Cl)cc1)N(Cc1ccc(F)cc1)C(=O)c1ccc2c(c1)OCCO2. The molecule has 188 valence electrons. The highest BCUT2D eigenvalue weighted by Gasteiger charge is 2.34. The number of carbonyl (C=O) groups excluding carboxylic acids is 2. The Morgan fingerprint density at radius 3 is 2.25 bits per heavy atom. The fourth-order valence-electron chi connectivity index (χ4n) is 3.96. The maximum atomic E-state index is 14.0. The normalized spacial score (nSPS) is 13.6. The van der Waals surface area contributed by atoms with Crippen molar-refractivity contribution in [1.82, 2.24) is 10.2 Å². The molecule has 4 rings (SSSR count). The maximum Gasteiger partial charge on any atom is 0.255 e. The van der Waals surface area contributed by atoms with E-state index in [1.807, 2.05) is 20.8 Å². The third-order valence-electron chi connectivity index (χ3n) is 5.56. The molecule has 0 aliphatic carbocycles. The second kappa shape index (κ2) is 10.6. The van der Waals surface area contributed by atoms with E-state index in [9.17, 15) is 14.0 Å². The number of hydrogen-bond acceptors (Lipinski definition) is 4. The second-order valence-corrected chi connectivity index (χ2v) is 10.0. The molecule has 1 aliphatic heterocycles. The van der Waals surface area contributed by atoms with Crippen molar-refractivity contribution in [3.8, 4) is 11.5 Å². The predicted octanol–water partition coefficient (Wildman–Crippen LogP) is 5.55. The molecule has 0 bridgehead atoms. The number of benzene rings is 3. The summed E-state index contributed by atoms with van der Waals surface area (Å²) in [6.07, 6.45) is 0. The summed E-state index contributed by atoms with van der Waals surface area (Å²) in [7, 11) is 0. The number of carbonyl (C=O) groups is 2. The second-order valence-electron chi connectivity index (χ2n) is 9.61. The Morgan fingerprint density at radius 2 is 1.61 bits per heavy atom. The van der Waals surface area contributed by atoms with Crippen molar-refractivity contribution in [2.24, 2.45) is 0 Å². The van der Waals surface area contributed by atoms with E-state index >= 15 is 0 Å². The molecule has 3 aromatic carbocycles. The lowest BCUT2D eigenvalue weighted by Gasteiger charge is -2.34. The molecule has 0 aromatic heterocycles. The van der Waals surface area contributed by atoms with Gasteiger partial charge in [-0.05, 0) is 74.4 Å². The maximum absolute atomic E-state index is 14.0. The average Bonchev–Trinajstić information content (AvgIpc) is 2.84. The molecule has 1 aliphatic rings. The Bertz CT molecular complexity index is 1240. The van der Waals surface area contributed by atoms with Crippen LogP contribution in [0.1, 0.15) is 48.3 Å². The van der Waals surface area contributed by atoms with Crippen molar-refractivity contribution in [3.63, 3.8) is 0 Å². The fourth-order valence-corrected chi connectivity index (χ4v) is 4.09. The van der Waals surface area contributed by atoms with E-state index in [1.54, 1.807) is 54.6 Å². The van der Waals surface area contributed by atoms with Gasteiger partial charge in [0.2, 0.25) is 5.91 Å². The Hall–Kier alpha value is -3.58. The van der Waals surface area contributed by atoms with Crippen LogP contribution in [-0.4, -0.2) is 35.5 Å². The van der Waals surface area contributed by atoms with Crippen LogP contribution < -0.4 is 14.8 Å². The smallest absolute Gasteiger partial charge is 0.255 e. The van der Waals surface area contributed by atoms with Gasteiger partial charge in [0.05, 0.1) is 0 Å². The molecule has 8 heteroatoms. The predicted molar refractivity (Wildman–Crippen MR) is 136 cm³/mol. The number of amides is 2. The molecule has 36 heavy (non-hydrogen) atoms. The number of hydrogen-bond donors (Lipinski definition) is 1. The van der Waals surface area contributed by atoms with Gasteiger partial charge in [-0.1, -0.05) is 35.9 Å². The van der Waals surface area contributed by atoms with Gasteiger partial charge < -0.3 is 19.7 Å². The molecule has 3 aromatic rings. The quantitative estimate of drug-likeness (QED) is 0.472. The zero-order valence-corrected chi connectivity index (χ0v) is 21.1. The molecule has 1 heterocycles. The van der Waals surface area contributed by atoms with Crippen LogP contribution in [0.3, 0.4) is 0 Å². The summed E-state index contributed by atoms with van der Waals surface area (Å²) in [5, 5.41) is 3.50. The molecule has 1 N–H and O–H groups in total. The first kappa shape index (κ1) is 25.5. The third-order valence-corrected chi connectivity index (χ3v) is 5.81. The number of fused-ring (bicyclic) bond motifs is 1. The lowest BCUT2D eigenvalue weighted by atomic mass is 9.99. The average molecular weight is 511 g/mol. The van der Waals surface area contributed by atoms with Crippen molar-refractivity contribution in [2.75, 3.05) is 13.2 Å². The summed E-state index contributed by atoms with van der Waals surface area (Å²) in [5.74, 6) is -0.0973. The van der Waals surface area contributed by atoms with Crippen molar-refractivity contribution in [2.45, 2.75) is 38.9 Å². The molecular weight excluding hydrogens is 483 g/mol. The van der Waals surface area contributed by atoms with E-state index in [1.165, 1.54) is 17.0 Å². The van der Waals surface area contributed by atoms with Gasteiger partial charge in [-0.2, -0.15) is 0 Å². The van der Waals surface area contributed by atoms with Crippen LogP contribution in [0, 0.1) is 5.82 Å². The van der Waals surface area contributed by atoms with E-state index in [4.69, 9.17) is 21.1 Å². The molecule has 0 saturated carbocycles. The summed E-state index contributed by atoms with van der Waals surface area (Å²) in [6, 6.07) is 16.6. The highest BCUT2D eigenvalue weighted by atomic mass is 35.5. The molecule has 0 spiro atoms. The summed E-state index contributed by atoms with van der Waals surface area (Å²) in [6.45, 7) is 6.50. The van der Waals surface area contributed by atoms with Gasteiger partial charge in [0.15, 0.2) is 11.5 Å². The van der Waals surface area contributed by atoms with Crippen LogP contribution >= 0.6 is 11.6 Å². The highest BCUT2D eigenvalue weighted by molar-refractivity contribution is 6.30. The van der Waals surface area contributed by atoms with E-state index in [0.717, 1.165) is 0 Å². The largest absolute Gasteiger partial charge is 0.486 e. The van der Waals surface area contributed by atoms with Gasteiger partial charge >= 0.3 is 0 Å². The first-order valence-electron chi connectivity index (χ1n) is 11.6. The van der Waals surface area contributed by atoms with E-state index in [2.05, 4.69) is 5.32 Å². The summed E-state index contributed by atoms with van der Waals surface area (Å²) >= 11 is 6.11. The number of halogens is 2. The molecule has 6 nitrogen and oxygen atoms in total. The van der Waals surface area contributed by atoms with Gasteiger partial charge in [-0.15, -0.1) is 0 Å². The lowest BCUT2D eigenvalue weighted by Crippen LogP contribution is -2.49. The standard InChI is InChI=1S/C28H28ClFN2O4/c1-28(2,3)31-26(33)25(19-6-9-21(29)10-7-19)32(17-18-4-11-22(30)12-5-18)27(34)20-8-13-23-24(16-20)36-15-14-35-23/h4-13,16,25H,14-15,17H2,1-3H3,(H,31,33)/t25-/m0/s1. The van der Waals surface area contributed by atoms with E-state index < -0.39 is 11.6 Å². The van der Waals surface area contributed by atoms with Crippen molar-refractivity contribution < 1.29 is 23.5 Å². The summed E-state index contributed by atoms with van der Waals surface area (Å²) in [5.41, 5.74) is 1.06. The Kier molecular flexibility index (Phi) is 7.50. The Labute approximate surface area is 215 Å². The molecular formula is C28H28ClFN2O4. The molecule has 2 amide bonds. The first-order valence-corrected chi connectivity index (χ1v) is 12.0. The number of nitrogens with zero attached hydrogens (tertiary/aromatic N) is 1. The van der Waals surface area contributed by atoms with Gasteiger partial charge in [-0.3, -0.25) is 9.59 Å².